The predicted molar refractivity (Wildman–Crippen MR) is 133 cm³/mol. The Kier molecular flexibility index (Phi) is 6.83. The average Bonchev–Trinajstić information content (AvgIpc) is 3.47. The lowest BCUT2D eigenvalue weighted by Crippen LogP contribution is -2.33. The molecule has 0 spiro atoms. The average molecular weight is 498 g/mol. The van der Waals surface area contributed by atoms with Crippen molar-refractivity contribution >= 4 is 38.3 Å². The zero-order valence-electron chi connectivity index (χ0n) is 19.5. The number of amides is 1. The number of nitrogens with one attached hydrogen (secondary N) is 1. The number of aryl methyl sites for hydroxylation is 1. The summed E-state index contributed by atoms with van der Waals surface area (Å²) >= 11 is 1.65. The second-order valence-electron chi connectivity index (χ2n) is 8.37. The third kappa shape index (κ3) is 4.89. The maximum Gasteiger partial charge on any atom is 0.252 e. The second kappa shape index (κ2) is 9.65. The van der Waals surface area contributed by atoms with Crippen molar-refractivity contribution in [3.05, 3.63) is 75.7 Å². The Labute approximate surface area is 203 Å². The van der Waals surface area contributed by atoms with E-state index in [-0.39, 0.29) is 23.4 Å². The Balaban J connectivity index is 1.50. The van der Waals surface area contributed by atoms with Gasteiger partial charge in [0.05, 0.1) is 28.6 Å². The summed E-state index contributed by atoms with van der Waals surface area (Å²) in [5.74, 6) is -0.234. The molecule has 1 amide bonds. The van der Waals surface area contributed by atoms with Crippen LogP contribution in [0.2, 0.25) is 0 Å². The van der Waals surface area contributed by atoms with Gasteiger partial charge in [0.2, 0.25) is 10.0 Å². The smallest absolute Gasteiger partial charge is 0.252 e. The molecule has 1 aromatic carbocycles. The van der Waals surface area contributed by atoms with Crippen molar-refractivity contribution in [1.82, 2.24) is 24.4 Å². The van der Waals surface area contributed by atoms with Gasteiger partial charge >= 0.3 is 0 Å². The normalized spacial score (nSPS) is 12.1. The lowest BCUT2D eigenvalue weighted by atomic mass is 10.1. The fourth-order valence-corrected chi connectivity index (χ4v) is 5.58. The van der Waals surface area contributed by atoms with Gasteiger partial charge < -0.3 is 5.32 Å². The van der Waals surface area contributed by atoms with Gasteiger partial charge in [0, 0.05) is 30.2 Å². The summed E-state index contributed by atoms with van der Waals surface area (Å²) in [6, 6.07) is 12.2. The third-order valence-corrected chi connectivity index (χ3v) is 8.56. The fourth-order valence-electron chi connectivity index (χ4n) is 3.53. The van der Waals surface area contributed by atoms with Crippen LogP contribution in [-0.2, 0) is 23.1 Å². The van der Waals surface area contributed by atoms with E-state index in [1.807, 2.05) is 38.3 Å². The molecule has 34 heavy (non-hydrogen) atoms. The highest BCUT2D eigenvalue weighted by Gasteiger charge is 2.23. The summed E-state index contributed by atoms with van der Waals surface area (Å²) in [4.78, 5) is 19.0. The number of rotatable bonds is 8. The Hall–Kier alpha value is -3.08. The molecule has 0 fully saturated rings. The zero-order chi connectivity index (χ0) is 24.5. The molecule has 0 radical (unpaired) electrons. The first-order valence-corrected chi connectivity index (χ1v) is 13.2. The molecule has 4 rings (SSSR count). The minimum Gasteiger partial charge on any atom is -0.348 e. The number of benzene rings is 1. The minimum atomic E-state index is -3.54. The summed E-state index contributed by atoms with van der Waals surface area (Å²) in [6.45, 7) is 6.37. The third-order valence-electron chi connectivity index (χ3n) is 5.65. The maximum absolute atomic E-state index is 13.0. The van der Waals surface area contributed by atoms with E-state index in [2.05, 4.69) is 15.4 Å². The molecule has 3 heterocycles. The molecule has 1 N–H and O–H groups in total. The van der Waals surface area contributed by atoms with E-state index >= 15 is 0 Å². The van der Waals surface area contributed by atoms with E-state index in [0.717, 1.165) is 16.1 Å². The van der Waals surface area contributed by atoms with Crippen LogP contribution in [0.5, 0.6) is 0 Å². The molecule has 0 aliphatic rings. The van der Waals surface area contributed by atoms with Gasteiger partial charge in [-0.05, 0) is 56.0 Å². The largest absolute Gasteiger partial charge is 0.348 e. The van der Waals surface area contributed by atoms with Crippen molar-refractivity contribution in [1.29, 1.82) is 0 Å². The van der Waals surface area contributed by atoms with Gasteiger partial charge in [-0.15, -0.1) is 11.3 Å². The van der Waals surface area contributed by atoms with Crippen LogP contribution in [0.4, 0.5) is 0 Å². The first kappa shape index (κ1) is 24.1. The number of aromatic nitrogens is 3. The van der Waals surface area contributed by atoms with E-state index < -0.39 is 10.0 Å². The second-order valence-corrected chi connectivity index (χ2v) is 11.4. The molecule has 0 aliphatic carbocycles. The predicted octanol–water partition coefficient (Wildman–Crippen LogP) is 3.81. The number of thiophene rings is 1. The van der Waals surface area contributed by atoms with Crippen LogP contribution in [0.25, 0.3) is 11.0 Å². The van der Waals surface area contributed by atoms with Gasteiger partial charge in [-0.25, -0.2) is 18.1 Å². The summed E-state index contributed by atoms with van der Waals surface area (Å²) in [7, 11) is -1.98. The van der Waals surface area contributed by atoms with Crippen molar-refractivity contribution in [2.24, 2.45) is 0 Å². The van der Waals surface area contributed by atoms with E-state index in [1.165, 1.54) is 4.31 Å². The number of carbonyl (C=O) groups is 1. The van der Waals surface area contributed by atoms with Crippen molar-refractivity contribution in [3.63, 3.8) is 0 Å². The molecule has 0 bridgehead atoms. The molecule has 8 nitrogen and oxygen atoms in total. The molecule has 0 saturated heterocycles. The Morgan fingerprint density at radius 1 is 1.21 bits per heavy atom. The van der Waals surface area contributed by atoms with Gasteiger partial charge in [-0.1, -0.05) is 18.2 Å². The zero-order valence-corrected chi connectivity index (χ0v) is 21.2. The number of sulfonamides is 1. The van der Waals surface area contributed by atoms with Crippen LogP contribution in [0.3, 0.4) is 0 Å². The van der Waals surface area contributed by atoms with Crippen LogP contribution >= 0.6 is 11.3 Å². The lowest BCUT2D eigenvalue weighted by molar-refractivity contribution is 0.0952. The molecular formula is C24H27N5O3S2. The van der Waals surface area contributed by atoms with E-state index in [9.17, 15) is 13.2 Å². The Morgan fingerprint density at radius 3 is 2.59 bits per heavy atom. The number of carbonyl (C=O) groups excluding carboxylic acids is 1. The first-order valence-electron chi connectivity index (χ1n) is 10.9. The Morgan fingerprint density at radius 2 is 1.94 bits per heavy atom. The monoisotopic (exact) mass is 497 g/mol. The van der Waals surface area contributed by atoms with Crippen LogP contribution in [-0.4, -0.2) is 46.5 Å². The topological polar surface area (TPSA) is 97.2 Å². The molecule has 0 aliphatic heterocycles. The number of pyridine rings is 1. The molecule has 0 unspecified atom stereocenters. The van der Waals surface area contributed by atoms with E-state index in [4.69, 9.17) is 0 Å². The van der Waals surface area contributed by atoms with Gasteiger partial charge in [0.15, 0.2) is 5.65 Å². The summed E-state index contributed by atoms with van der Waals surface area (Å²) in [5.41, 5.74) is 2.71. The number of fused-ring (bicyclic) bond motifs is 1. The lowest BCUT2D eigenvalue weighted by Gasteiger charge is -2.21. The first-order chi connectivity index (χ1) is 16.2. The number of hydrogen-bond acceptors (Lipinski definition) is 6. The van der Waals surface area contributed by atoms with Crippen molar-refractivity contribution in [2.45, 2.75) is 44.8 Å². The summed E-state index contributed by atoms with van der Waals surface area (Å²) < 4.78 is 28.4. The standard InChI is InChI=1S/C24H27N5O3S2/c1-16(2)28(4)34(31,32)20-9-7-18(8-10-20)13-25-24(30)21-12-17(3)27-23-22(21)14-26-29(23)15-19-6-5-11-33-19/h5-12,14,16H,13,15H2,1-4H3,(H,25,30). The van der Waals surface area contributed by atoms with E-state index in [1.54, 1.807) is 59.6 Å². The number of hydrogen-bond donors (Lipinski definition) is 1. The van der Waals surface area contributed by atoms with Crippen LogP contribution < -0.4 is 5.32 Å². The molecule has 178 valence electrons. The van der Waals surface area contributed by atoms with Crippen LogP contribution in [0.1, 0.15) is 40.3 Å². The number of nitrogens with zero attached hydrogens (tertiary/aromatic N) is 4. The SMILES string of the molecule is Cc1cc(C(=O)NCc2ccc(S(=O)(=O)N(C)C(C)C)cc2)c2cnn(Cc3cccs3)c2n1. The van der Waals surface area contributed by atoms with Gasteiger partial charge in [-0.3, -0.25) is 4.79 Å². The summed E-state index contributed by atoms with van der Waals surface area (Å²) in [5, 5.41) is 10.1. The highest BCUT2D eigenvalue weighted by molar-refractivity contribution is 7.89. The Bertz CT molecular complexity index is 1410. The van der Waals surface area contributed by atoms with E-state index in [0.29, 0.717) is 23.1 Å². The minimum absolute atomic E-state index is 0.140. The van der Waals surface area contributed by atoms with Crippen molar-refractivity contribution in [2.75, 3.05) is 7.05 Å². The maximum atomic E-state index is 13.0. The quantitative estimate of drug-likeness (QED) is 0.399. The van der Waals surface area contributed by atoms with Crippen LogP contribution in [0, 0.1) is 6.92 Å². The molecule has 0 atom stereocenters. The van der Waals surface area contributed by atoms with Crippen molar-refractivity contribution < 1.29 is 13.2 Å². The van der Waals surface area contributed by atoms with Gasteiger partial charge in [0.25, 0.3) is 5.91 Å². The van der Waals surface area contributed by atoms with Gasteiger partial charge in [-0.2, -0.15) is 9.40 Å². The molecule has 10 heteroatoms. The molecule has 0 saturated carbocycles. The molecule has 4 aromatic rings. The van der Waals surface area contributed by atoms with Crippen molar-refractivity contribution in [3.8, 4) is 0 Å². The highest BCUT2D eigenvalue weighted by Crippen LogP contribution is 2.21. The van der Waals surface area contributed by atoms with Crippen LogP contribution in [0.15, 0.2) is 58.9 Å². The van der Waals surface area contributed by atoms with Gasteiger partial charge in [0.1, 0.15) is 0 Å². The molecular weight excluding hydrogens is 470 g/mol. The fraction of sp³-hybridized carbons (Fsp3) is 0.292. The summed E-state index contributed by atoms with van der Waals surface area (Å²) in [6.07, 6.45) is 1.68. The highest BCUT2D eigenvalue weighted by atomic mass is 32.2. The molecule has 3 aromatic heterocycles.